The van der Waals surface area contributed by atoms with E-state index >= 15 is 0 Å². The maximum absolute atomic E-state index is 11.5. The van der Waals surface area contributed by atoms with E-state index in [0.717, 1.165) is 12.2 Å². The van der Waals surface area contributed by atoms with Gasteiger partial charge in [0.2, 0.25) is 0 Å². The molecule has 0 amide bonds. The minimum Gasteiger partial charge on any atom is -0.461 e. The number of anilines is 1. The summed E-state index contributed by atoms with van der Waals surface area (Å²) in [5.41, 5.74) is 0.220. The molecule has 1 aromatic rings. The summed E-state index contributed by atoms with van der Waals surface area (Å²) in [5.74, 6) is 0.545. The van der Waals surface area contributed by atoms with E-state index in [2.05, 4.69) is 18.2 Å². The molecule has 0 radical (unpaired) electrons. The Morgan fingerprint density at radius 3 is 2.89 bits per heavy atom. The number of aromatic nitrogens is 1. The lowest BCUT2D eigenvalue weighted by Gasteiger charge is -2.24. The van der Waals surface area contributed by atoms with Crippen LogP contribution in [0.3, 0.4) is 0 Å². The molecule has 1 atom stereocenters. The first-order valence-corrected chi connectivity index (χ1v) is 7.37. The Bertz CT molecular complexity index is 381. The third kappa shape index (κ3) is 3.66. The third-order valence-electron chi connectivity index (χ3n) is 2.66. The molecular weight excluding hydrogens is 252 g/mol. The molecule has 1 aromatic heterocycles. The van der Waals surface area contributed by atoms with Gasteiger partial charge in [0.25, 0.3) is 6.01 Å². The van der Waals surface area contributed by atoms with E-state index in [4.69, 9.17) is 9.15 Å². The van der Waals surface area contributed by atoms with Crippen molar-refractivity contribution in [2.24, 2.45) is 0 Å². The zero-order valence-electron chi connectivity index (χ0n) is 11.3. The van der Waals surface area contributed by atoms with E-state index in [9.17, 15) is 4.79 Å². The van der Waals surface area contributed by atoms with Crippen molar-refractivity contribution in [1.29, 1.82) is 0 Å². The van der Waals surface area contributed by atoms with Gasteiger partial charge in [-0.05, 0) is 19.6 Å². The highest BCUT2D eigenvalue weighted by molar-refractivity contribution is 7.98. The average molecular weight is 272 g/mol. The first-order valence-electron chi connectivity index (χ1n) is 5.98. The van der Waals surface area contributed by atoms with E-state index in [0.29, 0.717) is 18.7 Å². The van der Waals surface area contributed by atoms with Crippen LogP contribution in [0.1, 0.15) is 30.8 Å². The molecule has 1 heterocycles. The highest BCUT2D eigenvalue weighted by Crippen LogP contribution is 2.18. The summed E-state index contributed by atoms with van der Waals surface area (Å²) in [6.45, 7) is 4.21. The van der Waals surface area contributed by atoms with Gasteiger partial charge >= 0.3 is 5.97 Å². The van der Waals surface area contributed by atoms with Crippen LogP contribution in [0, 0.1) is 0 Å². The molecule has 6 heteroatoms. The zero-order valence-corrected chi connectivity index (χ0v) is 12.1. The number of carbonyl (C=O) groups excluding carboxylic acids is 1. The van der Waals surface area contributed by atoms with Crippen molar-refractivity contribution < 1.29 is 13.9 Å². The van der Waals surface area contributed by atoms with Crippen LogP contribution in [0.15, 0.2) is 10.7 Å². The minimum atomic E-state index is -0.446. The first-order chi connectivity index (χ1) is 8.63. The lowest BCUT2D eigenvalue weighted by atomic mass is 10.2. The van der Waals surface area contributed by atoms with Gasteiger partial charge in [0.05, 0.1) is 6.61 Å². The van der Waals surface area contributed by atoms with Gasteiger partial charge in [-0.15, -0.1) is 0 Å². The Labute approximate surface area is 112 Å². The maximum atomic E-state index is 11.5. The van der Waals surface area contributed by atoms with Crippen molar-refractivity contribution in [3.05, 3.63) is 12.0 Å². The summed E-state index contributed by atoms with van der Waals surface area (Å²) in [7, 11) is 1.92. The van der Waals surface area contributed by atoms with Gasteiger partial charge in [-0.3, -0.25) is 0 Å². The molecule has 18 heavy (non-hydrogen) atoms. The second-order valence-electron chi connectivity index (χ2n) is 3.86. The SMILES string of the molecule is CCOC(=O)c1coc(N(C)C(CC)CSC)n1. The van der Waals surface area contributed by atoms with Crippen LogP contribution in [0.4, 0.5) is 6.01 Å². The molecule has 0 fully saturated rings. The molecule has 0 aliphatic heterocycles. The Kier molecular flexibility index (Phi) is 6.04. The second-order valence-corrected chi connectivity index (χ2v) is 4.77. The van der Waals surface area contributed by atoms with Crippen LogP contribution < -0.4 is 4.90 Å². The topological polar surface area (TPSA) is 55.6 Å². The molecule has 1 unspecified atom stereocenters. The van der Waals surface area contributed by atoms with Crippen molar-refractivity contribution >= 4 is 23.7 Å². The molecule has 0 aromatic carbocycles. The van der Waals surface area contributed by atoms with Crippen LogP contribution in [-0.4, -0.2) is 42.7 Å². The van der Waals surface area contributed by atoms with Gasteiger partial charge in [-0.2, -0.15) is 16.7 Å². The summed E-state index contributed by atoms with van der Waals surface area (Å²) < 4.78 is 10.2. The van der Waals surface area contributed by atoms with Crippen LogP contribution >= 0.6 is 11.8 Å². The molecule has 0 saturated heterocycles. The van der Waals surface area contributed by atoms with E-state index in [1.165, 1.54) is 6.26 Å². The first kappa shape index (κ1) is 14.9. The lowest BCUT2D eigenvalue weighted by molar-refractivity contribution is 0.0519. The molecule has 0 saturated carbocycles. The van der Waals surface area contributed by atoms with Gasteiger partial charge < -0.3 is 14.1 Å². The summed E-state index contributed by atoms with van der Waals surface area (Å²) in [6, 6.07) is 0.799. The van der Waals surface area contributed by atoms with Crippen molar-refractivity contribution in [3.63, 3.8) is 0 Å². The number of carbonyl (C=O) groups is 1. The smallest absolute Gasteiger partial charge is 0.360 e. The van der Waals surface area contributed by atoms with Crippen molar-refractivity contribution in [3.8, 4) is 0 Å². The Morgan fingerprint density at radius 2 is 2.33 bits per heavy atom. The summed E-state index contributed by atoms with van der Waals surface area (Å²) in [6.07, 6.45) is 4.40. The number of nitrogens with zero attached hydrogens (tertiary/aromatic N) is 2. The van der Waals surface area contributed by atoms with Crippen LogP contribution in [0.5, 0.6) is 0 Å². The fourth-order valence-electron chi connectivity index (χ4n) is 1.58. The van der Waals surface area contributed by atoms with Crippen LogP contribution in [0.2, 0.25) is 0 Å². The number of rotatable bonds is 7. The van der Waals surface area contributed by atoms with Crippen LogP contribution in [0.25, 0.3) is 0 Å². The Balaban J connectivity index is 2.74. The molecule has 5 nitrogen and oxygen atoms in total. The standard InChI is InChI=1S/C12H20N2O3S/c1-5-9(8-18-4)14(3)12-13-10(7-17-12)11(15)16-6-2/h7,9H,5-6,8H2,1-4H3. The molecular formula is C12H20N2O3S. The molecule has 0 aliphatic carbocycles. The van der Waals surface area contributed by atoms with E-state index in [-0.39, 0.29) is 5.69 Å². The number of esters is 1. The van der Waals surface area contributed by atoms with Gasteiger partial charge in [0.15, 0.2) is 5.69 Å². The lowest BCUT2D eigenvalue weighted by Crippen LogP contribution is -2.33. The second kappa shape index (κ2) is 7.31. The highest BCUT2D eigenvalue weighted by Gasteiger charge is 2.20. The van der Waals surface area contributed by atoms with Crippen LogP contribution in [-0.2, 0) is 4.74 Å². The Morgan fingerprint density at radius 1 is 1.61 bits per heavy atom. The third-order valence-corrected chi connectivity index (χ3v) is 3.37. The largest absolute Gasteiger partial charge is 0.461 e. The van der Waals surface area contributed by atoms with Gasteiger partial charge in [0.1, 0.15) is 6.26 Å². The normalized spacial score (nSPS) is 12.2. The van der Waals surface area contributed by atoms with Crippen molar-refractivity contribution in [1.82, 2.24) is 4.98 Å². The molecule has 0 bridgehead atoms. The fourth-order valence-corrected chi connectivity index (χ4v) is 2.42. The van der Waals surface area contributed by atoms with Gasteiger partial charge in [0, 0.05) is 18.8 Å². The molecule has 1 rings (SSSR count). The predicted molar refractivity (Wildman–Crippen MR) is 73.3 cm³/mol. The Hall–Kier alpha value is -1.17. The number of hydrogen-bond acceptors (Lipinski definition) is 6. The minimum absolute atomic E-state index is 0.220. The maximum Gasteiger partial charge on any atom is 0.360 e. The zero-order chi connectivity index (χ0) is 13.5. The van der Waals surface area contributed by atoms with Crippen molar-refractivity contribution in [2.45, 2.75) is 26.3 Å². The van der Waals surface area contributed by atoms with E-state index in [1.807, 2.05) is 11.9 Å². The van der Waals surface area contributed by atoms with Crippen molar-refractivity contribution in [2.75, 3.05) is 30.6 Å². The number of thioether (sulfide) groups is 1. The van der Waals surface area contributed by atoms with E-state index in [1.54, 1.807) is 18.7 Å². The highest BCUT2D eigenvalue weighted by atomic mass is 32.2. The van der Waals surface area contributed by atoms with E-state index < -0.39 is 5.97 Å². The van der Waals surface area contributed by atoms with Gasteiger partial charge in [-0.25, -0.2) is 4.79 Å². The molecule has 0 aliphatic rings. The molecule has 0 spiro atoms. The summed E-state index contributed by atoms with van der Waals surface area (Å²) in [4.78, 5) is 17.6. The number of ether oxygens (including phenoxy) is 1. The quantitative estimate of drug-likeness (QED) is 0.711. The molecule has 0 N–H and O–H groups in total. The summed E-state index contributed by atoms with van der Waals surface area (Å²) in [5, 5.41) is 0. The van der Waals surface area contributed by atoms with Gasteiger partial charge in [-0.1, -0.05) is 6.92 Å². The predicted octanol–water partition coefficient (Wildman–Crippen LogP) is 2.43. The number of hydrogen-bond donors (Lipinski definition) is 0. The monoisotopic (exact) mass is 272 g/mol. The fraction of sp³-hybridized carbons (Fsp3) is 0.667. The summed E-state index contributed by atoms with van der Waals surface area (Å²) >= 11 is 1.78. The number of oxazole rings is 1. The average Bonchev–Trinajstić information content (AvgIpc) is 2.85. The molecule has 102 valence electrons.